The summed E-state index contributed by atoms with van der Waals surface area (Å²) < 4.78 is 27.4. The molecule has 0 fully saturated rings. The molecule has 8 heteroatoms. The minimum Gasteiger partial charge on any atom is -0.477 e. The summed E-state index contributed by atoms with van der Waals surface area (Å²) in [6.07, 6.45) is 1.53. The summed E-state index contributed by atoms with van der Waals surface area (Å²) in [5.74, 6) is -1.12. The number of carboxylic acids is 1. The molecular formula is C13H15NO4S3. The van der Waals surface area contributed by atoms with Gasteiger partial charge in [0, 0.05) is 10.3 Å². The zero-order chi connectivity index (χ0) is 15.5. The van der Waals surface area contributed by atoms with Crippen LogP contribution in [0.3, 0.4) is 0 Å². The van der Waals surface area contributed by atoms with Crippen LogP contribution >= 0.6 is 22.7 Å². The van der Waals surface area contributed by atoms with E-state index >= 15 is 0 Å². The molecule has 2 rings (SSSR count). The first-order valence-corrected chi connectivity index (χ1v) is 9.56. The Kier molecular flexibility index (Phi) is 5.15. The SMILES string of the molecule is CCCC(NS(=O)(=O)c1csc(C(=O)O)c1)c1cccs1. The van der Waals surface area contributed by atoms with Gasteiger partial charge in [0.05, 0.1) is 10.9 Å². The number of sulfonamides is 1. The van der Waals surface area contributed by atoms with Gasteiger partial charge >= 0.3 is 5.97 Å². The van der Waals surface area contributed by atoms with Crippen LogP contribution in [0.5, 0.6) is 0 Å². The number of thiophene rings is 2. The summed E-state index contributed by atoms with van der Waals surface area (Å²) in [7, 11) is -3.72. The van der Waals surface area contributed by atoms with Crippen LogP contribution in [0, 0.1) is 0 Å². The maximum Gasteiger partial charge on any atom is 0.345 e. The molecule has 0 aliphatic rings. The van der Waals surface area contributed by atoms with Gasteiger partial charge in [-0.1, -0.05) is 19.4 Å². The predicted octanol–water partition coefficient (Wildman–Crippen LogP) is 3.33. The lowest BCUT2D eigenvalue weighted by Gasteiger charge is -2.16. The van der Waals surface area contributed by atoms with Gasteiger partial charge in [0.1, 0.15) is 4.88 Å². The Hall–Kier alpha value is -1.22. The van der Waals surface area contributed by atoms with Crippen molar-refractivity contribution < 1.29 is 18.3 Å². The van der Waals surface area contributed by atoms with Gasteiger partial charge in [-0.3, -0.25) is 0 Å². The lowest BCUT2D eigenvalue weighted by atomic mass is 10.1. The molecule has 2 aromatic rings. The number of nitrogens with one attached hydrogen (secondary N) is 1. The summed E-state index contributed by atoms with van der Waals surface area (Å²) in [5, 5.41) is 12.1. The van der Waals surface area contributed by atoms with Gasteiger partial charge in [0.15, 0.2) is 0 Å². The minimum atomic E-state index is -3.72. The fraction of sp³-hybridized carbons (Fsp3) is 0.308. The molecule has 1 atom stereocenters. The average molecular weight is 345 g/mol. The highest BCUT2D eigenvalue weighted by Gasteiger charge is 2.23. The Labute approximate surface area is 131 Å². The summed E-state index contributed by atoms with van der Waals surface area (Å²) in [6, 6.07) is 4.67. The molecule has 0 spiro atoms. The van der Waals surface area contributed by atoms with Crippen molar-refractivity contribution in [3.8, 4) is 0 Å². The standard InChI is InChI=1S/C13H15NO4S3/c1-2-4-10(11-5-3-6-19-11)14-21(17,18)9-7-12(13(15)16)20-8-9/h3,5-8,10,14H,2,4H2,1H3,(H,15,16). The number of carboxylic acid groups (broad SMARTS) is 1. The van der Waals surface area contributed by atoms with Gasteiger partial charge in [0.2, 0.25) is 10.0 Å². The number of aromatic carboxylic acids is 1. The van der Waals surface area contributed by atoms with Crippen LogP contribution in [0.2, 0.25) is 0 Å². The molecule has 2 aromatic heterocycles. The Morgan fingerprint density at radius 1 is 1.43 bits per heavy atom. The zero-order valence-corrected chi connectivity index (χ0v) is 13.7. The van der Waals surface area contributed by atoms with Crippen molar-refractivity contribution >= 4 is 38.7 Å². The molecule has 114 valence electrons. The highest BCUT2D eigenvalue weighted by Crippen LogP contribution is 2.27. The lowest BCUT2D eigenvalue weighted by molar-refractivity contribution is 0.0702. The maximum absolute atomic E-state index is 12.4. The lowest BCUT2D eigenvalue weighted by Crippen LogP contribution is -2.27. The first kappa shape index (κ1) is 16.2. The topological polar surface area (TPSA) is 83.5 Å². The van der Waals surface area contributed by atoms with Crippen LogP contribution in [-0.4, -0.2) is 19.5 Å². The normalized spacial score (nSPS) is 13.2. The molecule has 21 heavy (non-hydrogen) atoms. The van der Waals surface area contributed by atoms with Crippen LogP contribution in [0.25, 0.3) is 0 Å². The molecule has 0 aromatic carbocycles. The Bertz CT molecular complexity index is 704. The molecule has 2 N–H and O–H groups in total. The molecule has 0 amide bonds. The fourth-order valence-corrected chi connectivity index (χ4v) is 5.11. The second kappa shape index (κ2) is 6.69. The van der Waals surface area contributed by atoms with E-state index < -0.39 is 16.0 Å². The molecule has 0 saturated carbocycles. The van der Waals surface area contributed by atoms with Crippen molar-refractivity contribution in [1.82, 2.24) is 4.72 Å². The minimum absolute atomic E-state index is 0.00237. The Morgan fingerprint density at radius 3 is 2.71 bits per heavy atom. The van der Waals surface area contributed by atoms with E-state index in [2.05, 4.69) is 4.72 Å². The highest BCUT2D eigenvalue weighted by molar-refractivity contribution is 7.89. The second-order valence-corrected chi connectivity index (χ2v) is 8.03. The van der Waals surface area contributed by atoms with Gasteiger partial charge in [-0.15, -0.1) is 22.7 Å². The summed E-state index contributed by atoms with van der Waals surface area (Å²) in [4.78, 5) is 11.8. The third-order valence-corrected chi connectivity index (χ3v) is 6.36. The van der Waals surface area contributed by atoms with Crippen molar-refractivity contribution in [3.05, 3.63) is 38.7 Å². The van der Waals surface area contributed by atoms with Crippen LogP contribution < -0.4 is 4.72 Å². The van der Waals surface area contributed by atoms with Crippen LogP contribution in [0.1, 0.15) is 40.4 Å². The van der Waals surface area contributed by atoms with Gasteiger partial charge in [0.25, 0.3) is 0 Å². The Morgan fingerprint density at radius 2 is 2.19 bits per heavy atom. The van der Waals surface area contributed by atoms with Crippen molar-refractivity contribution in [2.24, 2.45) is 0 Å². The number of hydrogen-bond donors (Lipinski definition) is 2. The fourth-order valence-electron chi connectivity index (χ4n) is 1.86. The van der Waals surface area contributed by atoms with E-state index in [1.54, 1.807) is 0 Å². The van der Waals surface area contributed by atoms with E-state index in [-0.39, 0.29) is 15.8 Å². The molecule has 2 heterocycles. The van der Waals surface area contributed by atoms with E-state index in [0.717, 1.165) is 22.6 Å². The second-order valence-electron chi connectivity index (χ2n) is 4.43. The smallest absolute Gasteiger partial charge is 0.345 e. The van der Waals surface area contributed by atoms with Crippen molar-refractivity contribution in [3.63, 3.8) is 0 Å². The first-order chi connectivity index (χ1) is 9.94. The molecule has 0 saturated heterocycles. The van der Waals surface area contributed by atoms with E-state index in [9.17, 15) is 13.2 Å². The first-order valence-electron chi connectivity index (χ1n) is 6.31. The molecule has 5 nitrogen and oxygen atoms in total. The zero-order valence-electron chi connectivity index (χ0n) is 11.3. The summed E-state index contributed by atoms with van der Waals surface area (Å²) in [6.45, 7) is 1.99. The molecule has 0 radical (unpaired) electrons. The predicted molar refractivity (Wildman–Crippen MR) is 83.6 cm³/mol. The largest absolute Gasteiger partial charge is 0.477 e. The molecule has 0 bridgehead atoms. The van der Waals surface area contributed by atoms with Gasteiger partial charge in [-0.2, -0.15) is 0 Å². The van der Waals surface area contributed by atoms with E-state index in [1.807, 2.05) is 24.4 Å². The van der Waals surface area contributed by atoms with Crippen LogP contribution in [0.15, 0.2) is 33.9 Å². The van der Waals surface area contributed by atoms with Crippen molar-refractivity contribution in [1.29, 1.82) is 0 Å². The molecule has 0 aliphatic carbocycles. The average Bonchev–Trinajstić information content (AvgIpc) is 3.10. The Balaban J connectivity index is 2.23. The third kappa shape index (κ3) is 3.91. The third-order valence-electron chi connectivity index (χ3n) is 2.86. The van der Waals surface area contributed by atoms with E-state index in [1.165, 1.54) is 22.8 Å². The van der Waals surface area contributed by atoms with E-state index in [4.69, 9.17) is 5.11 Å². The van der Waals surface area contributed by atoms with Gasteiger partial charge < -0.3 is 5.11 Å². The monoisotopic (exact) mass is 345 g/mol. The summed E-state index contributed by atoms with van der Waals surface area (Å²) >= 11 is 2.40. The summed E-state index contributed by atoms with van der Waals surface area (Å²) in [5.41, 5.74) is 0. The number of carbonyl (C=O) groups is 1. The molecule has 0 aliphatic heterocycles. The highest BCUT2D eigenvalue weighted by atomic mass is 32.2. The molecule has 1 unspecified atom stereocenters. The maximum atomic E-state index is 12.4. The van der Waals surface area contributed by atoms with Crippen molar-refractivity contribution in [2.45, 2.75) is 30.7 Å². The van der Waals surface area contributed by atoms with Crippen molar-refractivity contribution in [2.75, 3.05) is 0 Å². The van der Waals surface area contributed by atoms with Gasteiger partial charge in [-0.05, 0) is 23.9 Å². The quantitative estimate of drug-likeness (QED) is 0.806. The number of hydrogen-bond acceptors (Lipinski definition) is 5. The van der Waals surface area contributed by atoms with Crippen LogP contribution in [-0.2, 0) is 10.0 Å². The van der Waals surface area contributed by atoms with Gasteiger partial charge in [-0.25, -0.2) is 17.9 Å². The molecular weight excluding hydrogens is 330 g/mol. The van der Waals surface area contributed by atoms with Crippen LogP contribution in [0.4, 0.5) is 0 Å². The number of rotatable bonds is 7. The van der Waals surface area contributed by atoms with E-state index in [0.29, 0.717) is 6.42 Å².